The van der Waals surface area contributed by atoms with Crippen molar-refractivity contribution < 1.29 is 9.59 Å². The van der Waals surface area contributed by atoms with Gasteiger partial charge in [0.05, 0.1) is 4.88 Å². The Morgan fingerprint density at radius 2 is 2.29 bits per heavy atom. The smallest absolute Gasteiger partial charge is 0.273 e. The van der Waals surface area contributed by atoms with Crippen LogP contribution < -0.4 is 10.9 Å². The third-order valence-corrected chi connectivity index (χ3v) is 3.49. The molecule has 1 heterocycles. The van der Waals surface area contributed by atoms with E-state index in [9.17, 15) is 9.59 Å². The lowest BCUT2D eigenvalue weighted by molar-refractivity contribution is -0.122. The van der Waals surface area contributed by atoms with E-state index in [2.05, 4.69) is 23.0 Å². The fraction of sp³-hybridized carbons (Fsp3) is 0.333. The fourth-order valence-electron chi connectivity index (χ4n) is 1.75. The number of hydrazine groups is 1. The van der Waals surface area contributed by atoms with Crippen molar-refractivity contribution in [3.05, 3.63) is 34.5 Å². The Bertz CT molecular complexity index is 426. The number of rotatable bonds is 3. The van der Waals surface area contributed by atoms with Gasteiger partial charge < -0.3 is 0 Å². The van der Waals surface area contributed by atoms with E-state index in [1.165, 1.54) is 11.3 Å². The minimum atomic E-state index is -0.268. The van der Waals surface area contributed by atoms with Gasteiger partial charge in [-0.2, -0.15) is 0 Å². The Balaban J connectivity index is 1.72. The number of allylic oxidation sites excluding steroid dienone is 2. The minimum Gasteiger partial charge on any atom is -0.273 e. The number of amides is 2. The van der Waals surface area contributed by atoms with E-state index in [0.29, 0.717) is 17.2 Å². The number of carbonyl (C=O) groups is 2. The SMILES string of the molecule is O=C(C[C@@H]1C=CCC1)NNC(=O)c1cccs1. The highest BCUT2D eigenvalue weighted by atomic mass is 32.1. The highest BCUT2D eigenvalue weighted by molar-refractivity contribution is 7.12. The highest BCUT2D eigenvalue weighted by Crippen LogP contribution is 2.19. The first-order chi connectivity index (χ1) is 8.25. The Hall–Kier alpha value is -1.62. The van der Waals surface area contributed by atoms with Crippen molar-refractivity contribution in [2.45, 2.75) is 19.3 Å². The maximum absolute atomic E-state index is 11.5. The van der Waals surface area contributed by atoms with Gasteiger partial charge in [0.1, 0.15) is 0 Å². The molecule has 0 saturated heterocycles. The van der Waals surface area contributed by atoms with Gasteiger partial charge in [-0.1, -0.05) is 18.2 Å². The molecule has 4 nitrogen and oxygen atoms in total. The summed E-state index contributed by atoms with van der Waals surface area (Å²) in [7, 11) is 0. The van der Waals surface area contributed by atoms with Crippen LogP contribution in [-0.4, -0.2) is 11.8 Å². The first-order valence-electron chi connectivity index (χ1n) is 5.55. The molecule has 1 aliphatic carbocycles. The molecule has 0 saturated carbocycles. The van der Waals surface area contributed by atoms with E-state index in [4.69, 9.17) is 0 Å². The van der Waals surface area contributed by atoms with Crippen molar-refractivity contribution in [3.63, 3.8) is 0 Å². The zero-order valence-corrected chi connectivity index (χ0v) is 10.1. The van der Waals surface area contributed by atoms with Gasteiger partial charge in [0, 0.05) is 6.42 Å². The van der Waals surface area contributed by atoms with Gasteiger partial charge in [-0.25, -0.2) is 0 Å². The number of hydrogen-bond donors (Lipinski definition) is 2. The second-order valence-electron chi connectivity index (χ2n) is 3.95. The molecule has 0 fully saturated rings. The quantitative estimate of drug-likeness (QED) is 0.635. The Morgan fingerprint density at radius 3 is 2.94 bits per heavy atom. The molecule has 5 heteroatoms. The molecule has 17 heavy (non-hydrogen) atoms. The van der Waals surface area contributed by atoms with Crippen LogP contribution in [0.3, 0.4) is 0 Å². The molecule has 1 aromatic heterocycles. The number of thiophene rings is 1. The lowest BCUT2D eigenvalue weighted by atomic mass is 10.1. The summed E-state index contributed by atoms with van der Waals surface area (Å²) in [6.07, 6.45) is 6.63. The number of hydrogen-bond acceptors (Lipinski definition) is 3. The second kappa shape index (κ2) is 5.63. The first-order valence-corrected chi connectivity index (χ1v) is 6.43. The molecule has 1 aliphatic rings. The standard InChI is InChI=1S/C12H14N2O2S/c15-11(8-9-4-1-2-5-9)13-14-12(16)10-6-3-7-17-10/h1,3-4,6-7,9H,2,5,8H2,(H,13,15)(H,14,16)/t9-/m1/s1. The predicted octanol–water partition coefficient (Wildman–Crippen LogP) is 1.87. The van der Waals surface area contributed by atoms with E-state index < -0.39 is 0 Å². The summed E-state index contributed by atoms with van der Waals surface area (Å²) in [5.74, 6) is -0.101. The van der Waals surface area contributed by atoms with Gasteiger partial charge in [0.25, 0.3) is 5.91 Å². The molecule has 90 valence electrons. The van der Waals surface area contributed by atoms with E-state index in [0.717, 1.165) is 12.8 Å². The maximum atomic E-state index is 11.5. The maximum Gasteiger partial charge on any atom is 0.279 e. The largest absolute Gasteiger partial charge is 0.279 e. The summed E-state index contributed by atoms with van der Waals surface area (Å²) >= 11 is 1.34. The third-order valence-electron chi connectivity index (χ3n) is 2.62. The van der Waals surface area contributed by atoms with Gasteiger partial charge in [-0.3, -0.25) is 20.4 Å². The van der Waals surface area contributed by atoms with Gasteiger partial charge in [-0.15, -0.1) is 11.3 Å². The van der Waals surface area contributed by atoms with Crippen LogP contribution in [0.1, 0.15) is 28.9 Å². The van der Waals surface area contributed by atoms with E-state index >= 15 is 0 Å². The number of carbonyl (C=O) groups excluding carboxylic acids is 2. The zero-order chi connectivity index (χ0) is 12.1. The second-order valence-corrected chi connectivity index (χ2v) is 4.90. The summed E-state index contributed by atoms with van der Waals surface area (Å²) < 4.78 is 0. The lowest BCUT2D eigenvalue weighted by Crippen LogP contribution is -2.41. The van der Waals surface area contributed by atoms with Gasteiger partial charge in [0.15, 0.2) is 0 Å². The molecule has 0 bridgehead atoms. The van der Waals surface area contributed by atoms with Crippen molar-refractivity contribution in [1.82, 2.24) is 10.9 Å². The normalized spacial score (nSPS) is 18.0. The molecular weight excluding hydrogens is 236 g/mol. The summed E-state index contributed by atoms with van der Waals surface area (Å²) in [4.78, 5) is 23.6. The van der Waals surface area contributed by atoms with E-state index in [-0.39, 0.29) is 11.8 Å². The molecule has 0 aromatic carbocycles. The van der Waals surface area contributed by atoms with Crippen LogP contribution in [0.25, 0.3) is 0 Å². The molecule has 2 N–H and O–H groups in total. The van der Waals surface area contributed by atoms with Gasteiger partial charge in [0.2, 0.25) is 5.91 Å². The predicted molar refractivity (Wildman–Crippen MR) is 66.4 cm³/mol. The van der Waals surface area contributed by atoms with Crippen molar-refractivity contribution >= 4 is 23.2 Å². The van der Waals surface area contributed by atoms with Gasteiger partial charge in [-0.05, 0) is 30.2 Å². The summed E-state index contributed by atoms with van der Waals surface area (Å²) in [6.45, 7) is 0. The Kier molecular flexibility index (Phi) is 3.93. The monoisotopic (exact) mass is 250 g/mol. The Morgan fingerprint density at radius 1 is 1.41 bits per heavy atom. The topological polar surface area (TPSA) is 58.2 Å². The first kappa shape index (κ1) is 11.9. The van der Waals surface area contributed by atoms with E-state index in [1.807, 2.05) is 5.38 Å². The minimum absolute atomic E-state index is 0.147. The molecule has 1 aromatic rings. The Labute approximate surface area is 104 Å². The average molecular weight is 250 g/mol. The van der Waals surface area contributed by atoms with Crippen LogP contribution in [0, 0.1) is 5.92 Å². The molecule has 2 amide bonds. The van der Waals surface area contributed by atoms with Crippen LogP contribution >= 0.6 is 11.3 Å². The molecule has 0 radical (unpaired) electrons. The summed E-state index contributed by atoms with van der Waals surface area (Å²) in [5.41, 5.74) is 4.84. The average Bonchev–Trinajstić information content (AvgIpc) is 2.97. The molecule has 1 atom stereocenters. The van der Waals surface area contributed by atoms with Crippen molar-refractivity contribution in [2.24, 2.45) is 5.92 Å². The zero-order valence-electron chi connectivity index (χ0n) is 9.31. The fourth-order valence-corrected chi connectivity index (χ4v) is 2.37. The molecule has 0 spiro atoms. The third kappa shape index (κ3) is 3.42. The van der Waals surface area contributed by atoms with Crippen molar-refractivity contribution in [1.29, 1.82) is 0 Å². The molecule has 0 aliphatic heterocycles. The molecular formula is C12H14N2O2S. The van der Waals surface area contributed by atoms with Crippen LogP contribution in [0.2, 0.25) is 0 Å². The lowest BCUT2D eigenvalue weighted by Gasteiger charge is -2.09. The summed E-state index contributed by atoms with van der Waals surface area (Å²) in [5, 5.41) is 1.82. The van der Waals surface area contributed by atoms with Crippen molar-refractivity contribution in [2.75, 3.05) is 0 Å². The summed E-state index contributed by atoms with van der Waals surface area (Å²) in [6, 6.07) is 3.51. The molecule has 0 unspecified atom stereocenters. The van der Waals surface area contributed by atoms with Crippen LogP contribution in [0.5, 0.6) is 0 Å². The van der Waals surface area contributed by atoms with Gasteiger partial charge >= 0.3 is 0 Å². The van der Waals surface area contributed by atoms with E-state index in [1.54, 1.807) is 12.1 Å². The van der Waals surface area contributed by atoms with Crippen LogP contribution in [-0.2, 0) is 4.79 Å². The van der Waals surface area contributed by atoms with Crippen molar-refractivity contribution in [3.8, 4) is 0 Å². The van der Waals surface area contributed by atoms with Crippen LogP contribution in [0.15, 0.2) is 29.7 Å². The molecule has 2 rings (SSSR count). The number of nitrogens with one attached hydrogen (secondary N) is 2. The van der Waals surface area contributed by atoms with Crippen LogP contribution in [0.4, 0.5) is 0 Å². The highest BCUT2D eigenvalue weighted by Gasteiger charge is 2.14.